The smallest absolute Gasteiger partial charge is 1.00 e. The Morgan fingerprint density at radius 2 is 1.46 bits per heavy atom. The quantitative estimate of drug-likeness (QED) is 0.311. The summed E-state index contributed by atoms with van der Waals surface area (Å²) in [5.74, 6) is 1.62. The molecule has 2 unspecified atom stereocenters. The van der Waals surface area contributed by atoms with Crippen molar-refractivity contribution in [2.75, 3.05) is 6.54 Å². The summed E-state index contributed by atoms with van der Waals surface area (Å²) >= 11 is 2.08. The van der Waals surface area contributed by atoms with E-state index in [1.54, 1.807) is 0 Å². The van der Waals surface area contributed by atoms with Gasteiger partial charge in [-0.3, -0.25) is 0 Å². The van der Waals surface area contributed by atoms with Gasteiger partial charge in [-0.2, -0.15) is 13.0 Å². The molecule has 0 bridgehead atoms. The molecule has 0 aromatic heterocycles. The maximum absolute atomic E-state index is 6.95. The number of unbranched alkanes of at least 4 members (excludes halogenated alkanes) is 7. The van der Waals surface area contributed by atoms with E-state index < -0.39 is 0 Å². The summed E-state index contributed by atoms with van der Waals surface area (Å²) in [6.07, 6.45) is 24.7. The molecule has 0 heterocycles. The number of halogens is 2. The van der Waals surface area contributed by atoms with Crippen LogP contribution in [-0.4, -0.2) is 10.4 Å². The summed E-state index contributed by atoms with van der Waals surface area (Å²) in [6, 6.07) is 0. The van der Waals surface area contributed by atoms with Gasteiger partial charge in [0.1, 0.15) is 0 Å². The van der Waals surface area contributed by atoms with E-state index in [0.717, 1.165) is 18.3 Å². The summed E-state index contributed by atoms with van der Waals surface area (Å²) < 4.78 is 1.42. The Balaban J connectivity index is -0.000000320. The average Bonchev–Trinajstić information content (AvgIpc) is 3.03. The number of rotatable bonds is 8. The first-order valence-electron chi connectivity index (χ1n) is 9.96. The minimum Gasteiger partial charge on any atom is -1.00 e. The van der Waals surface area contributed by atoms with E-state index >= 15 is 0 Å². The molecule has 2 atom stereocenters. The SMILES string of the molecule is C1=CC2[CH-]CCC2C=C1.CCCCCCCCCC[NH-].C[C](C)=[Ti+2].[Cl-].[Cl-]. The molecule has 1 fully saturated rings. The largest absolute Gasteiger partial charge is 1.00 e. The van der Waals surface area contributed by atoms with E-state index in [4.69, 9.17) is 5.73 Å². The Bertz CT molecular complexity index is 326. The molecule has 0 amide bonds. The number of hydrogen-bond acceptors (Lipinski definition) is 0. The first-order valence-corrected chi connectivity index (χ1v) is 10.7. The van der Waals surface area contributed by atoms with Crippen LogP contribution in [0.5, 0.6) is 0 Å². The van der Waals surface area contributed by atoms with Gasteiger partial charge in [0.2, 0.25) is 0 Å². The average molecular weight is 436 g/mol. The van der Waals surface area contributed by atoms with E-state index in [9.17, 15) is 0 Å². The molecule has 2 aliphatic rings. The second kappa shape index (κ2) is 23.6. The second-order valence-electron chi connectivity index (χ2n) is 7.05. The summed E-state index contributed by atoms with van der Waals surface area (Å²) in [5.41, 5.74) is 6.95. The normalized spacial score (nSPS) is 19.0. The molecule has 4 heteroatoms. The molecule has 1 nitrogen and oxygen atoms in total. The molecule has 1 saturated carbocycles. The first-order chi connectivity index (χ1) is 11.6. The fraction of sp³-hybridized carbons (Fsp3) is 0.727. The van der Waals surface area contributed by atoms with Crippen LogP contribution in [0.15, 0.2) is 24.3 Å². The zero-order valence-electron chi connectivity index (χ0n) is 17.1. The van der Waals surface area contributed by atoms with E-state index in [1.807, 2.05) is 0 Å². The zero-order valence-corrected chi connectivity index (χ0v) is 20.1. The minimum atomic E-state index is 0. The molecule has 2 aliphatic carbocycles. The Labute approximate surface area is 187 Å². The van der Waals surface area contributed by atoms with Crippen molar-refractivity contribution in [2.45, 2.75) is 85.0 Å². The topological polar surface area (TPSA) is 23.8 Å². The van der Waals surface area contributed by atoms with Crippen molar-refractivity contribution >= 4 is 3.81 Å². The molecule has 1 N–H and O–H groups in total. The number of fused-ring (bicyclic) bond motifs is 1. The predicted molar refractivity (Wildman–Crippen MR) is 107 cm³/mol. The van der Waals surface area contributed by atoms with Gasteiger partial charge in [0.05, 0.1) is 0 Å². The molecule has 0 spiro atoms. The van der Waals surface area contributed by atoms with Gasteiger partial charge in [-0.25, -0.2) is 0 Å². The van der Waals surface area contributed by atoms with Crippen LogP contribution in [-0.2, 0) is 20.0 Å². The van der Waals surface area contributed by atoms with E-state index in [0.29, 0.717) is 6.54 Å². The zero-order chi connectivity index (χ0) is 18.0. The molecule has 0 radical (unpaired) electrons. The maximum atomic E-state index is 6.95. The summed E-state index contributed by atoms with van der Waals surface area (Å²) in [4.78, 5) is 0. The molecule has 0 aliphatic heterocycles. The van der Waals surface area contributed by atoms with Crippen LogP contribution in [0.4, 0.5) is 0 Å². The minimum absolute atomic E-state index is 0. The molecule has 0 aromatic rings. The third kappa shape index (κ3) is 20.9. The van der Waals surface area contributed by atoms with E-state index in [-0.39, 0.29) is 24.8 Å². The maximum Gasteiger partial charge on any atom is -1.00 e. The van der Waals surface area contributed by atoms with Crippen molar-refractivity contribution in [1.29, 1.82) is 0 Å². The van der Waals surface area contributed by atoms with Crippen LogP contribution in [0.2, 0.25) is 0 Å². The molecular formula is C22H39Cl2NTi-2. The Morgan fingerprint density at radius 1 is 0.962 bits per heavy atom. The van der Waals surface area contributed by atoms with Crippen molar-refractivity contribution in [3.63, 3.8) is 0 Å². The summed E-state index contributed by atoms with van der Waals surface area (Å²) in [6.45, 7) is 7.04. The molecule has 2 rings (SSSR count). The van der Waals surface area contributed by atoms with Crippen LogP contribution in [0.3, 0.4) is 0 Å². The van der Waals surface area contributed by atoms with Gasteiger partial charge >= 0.3 is 37.6 Å². The Kier molecular flexibility index (Phi) is 28.5. The van der Waals surface area contributed by atoms with Crippen LogP contribution >= 0.6 is 0 Å². The van der Waals surface area contributed by atoms with Crippen molar-refractivity contribution in [3.05, 3.63) is 36.5 Å². The summed E-state index contributed by atoms with van der Waals surface area (Å²) in [7, 11) is 0. The van der Waals surface area contributed by atoms with Crippen molar-refractivity contribution in [1.82, 2.24) is 0 Å². The predicted octanol–water partition coefficient (Wildman–Crippen LogP) is 1.28. The standard InChI is InChI=1S/C10H22N.C9H11.C3H6.2ClH.Ti/c1-2-3-4-5-6-7-8-9-10-11;1-2-5-9-7-3-6-8(9)4-1;1-3-2;;;/h11H,2-10H2,1H3;1-2,4-6,8-9H,3,7H2;1-2H3;2*1H;/q2*-1;;;;+2/p-2. The Morgan fingerprint density at radius 3 is 1.96 bits per heavy atom. The van der Waals surface area contributed by atoms with Crippen LogP contribution in [0.1, 0.15) is 85.0 Å². The van der Waals surface area contributed by atoms with Crippen LogP contribution in [0.25, 0.3) is 5.73 Å². The van der Waals surface area contributed by atoms with Gasteiger partial charge in [0.15, 0.2) is 0 Å². The Hall–Kier alpha value is 0.604. The van der Waals surface area contributed by atoms with Gasteiger partial charge in [0, 0.05) is 0 Å². The number of hydrogen-bond donors (Lipinski definition) is 0. The third-order valence-electron chi connectivity index (χ3n) is 4.27. The van der Waals surface area contributed by atoms with Gasteiger partial charge in [-0.1, -0.05) is 82.9 Å². The number of allylic oxidation sites excluding steroid dienone is 4. The fourth-order valence-corrected chi connectivity index (χ4v) is 2.95. The molecule has 152 valence electrons. The van der Waals surface area contributed by atoms with E-state index in [2.05, 4.69) is 71.5 Å². The third-order valence-corrected chi connectivity index (χ3v) is 4.27. The fourth-order valence-electron chi connectivity index (χ4n) is 2.95. The van der Waals surface area contributed by atoms with E-state index in [1.165, 1.54) is 61.6 Å². The second-order valence-corrected chi connectivity index (χ2v) is 8.61. The molecular weight excluding hydrogens is 397 g/mol. The van der Waals surface area contributed by atoms with Crippen molar-refractivity contribution in [3.8, 4) is 0 Å². The summed E-state index contributed by atoms with van der Waals surface area (Å²) in [5, 5.41) is 0. The van der Waals surface area contributed by atoms with Gasteiger partial charge in [-0.15, -0.1) is 12.0 Å². The van der Waals surface area contributed by atoms with Gasteiger partial charge in [0.25, 0.3) is 0 Å². The van der Waals surface area contributed by atoms with Crippen molar-refractivity contribution < 1.29 is 44.8 Å². The van der Waals surface area contributed by atoms with Gasteiger partial charge < -0.3 is 37.0 Å². The monoisotopic (exact) mass is 435 g/mol. The first kappa shape index (κ1) is 31.3. The van der Waals surface area contributed by atoms with Crippen LogP contribution < -0.4 is 24.8 Å². The molecule has 0 saturated heterocycles. The molecule has 26 heavy (non-hydrogen) atoms. The van der Waals surface area contributed by atoms with Crippen molar-refractivity contribution in [2.24, 2.45) is 11.8 Å². The van der Waals surface area contributed by atoms with Gasteiger partial charge in [-0.05, 0) is 5.92 Å². The van der Waals surface area contributed by atoms with Crippen LogP contribution in [0, 0.1) is 18.3 Å². The number of nitrogens with one attached hydrogen (secondary N) is 1. The molecule has 0 aromatic carbocycles.